The van der Waals surface area contributed by atoms with Crippen LogP contribution in [0.15, 0.2) is 24.3 Å². The molecule has 0 saturated heterocycles. The van der Waals surface area contributed by atoms with E-state index in [9.17, 15) is 9.79 Å². The van der Waals surface area contributed by atoms with Gasteiger partial charge in [0.1, 0.15) is 0 Å². The van der Waals surface area contributed by atoms with Gasteiger partial charge in [-0.2, -0.15) is 0 Å². The van der Waals surface area contributed by atoms with Crippen molar-refractivity contribution in [1.29, 1.82) is 0 Å². The van der Waals surface area contributed by atoms with Crippen molar-refractivity contribution in [2.75, 3.05) is 6.61 Å². The van der Waals surface area contributed by atoms with Gasteiger partial charge >= 0.3 is 8.60 Å². The first kappa shape index (κ1) is 46.9. The van der Waals surface area contributed by atoms with Crippen LogP contribution >= 0.6 is 8.60 Å². The monoisotopic (exact) mass is 739 g/mol. The average molecular weight is 739 g/mol. The molecule has 0 heterocycles. The maximum atomic E-state index is 10.3. The van der Waals surface area contributed by atoms with Crippen LogP contribution in [-0.2, 0) is 39.0 Å². The Morgan fingerprint density at radius 2 is 0.808 bits per heavy atom. The fraction of sp³-hybridized carbons (Fsp3) is 0.750. The molecule has 0 unspecified atom stereocenters. The molecule has 0 radical (unpaired) electrons. The lowest BCUT2D eigenvalue weighted by Gasteiger charge is -2.37. The molecule has 0 bridgehead atoms. The van der Waals surface area contributed by atoms with E-state index in [0.717, 1.165) is 25.7 Å². The van der Waals surface area contributed by atoms with Gasteiger partial charge in [0, 0.05) is 5.92 Å². The molecule has 4 heteroatoms. The van der Waals surface area contributed by atoms with Crippen molar-refractivity contribution in [3.63, 3.8) is 0 Å². The second-order valence-electron chi connectivity index (χ2n) is 20.0. The van der Waals surface area contributed by atoms with Crippen molar-refractivity contribution in [2.24, 2.45) is 0 Å². The van der Waals surface area contributed by atoms with Crippen molar-refractivity contribution >= 4 is 8.60 Å². The summed E-state index contributed by atoms with van der Waals surface area (Å²) < 4.78 is 5.99. The molecule has 0 aliphatic rings. The Balaban J connectivity index is 2.95. The summed E-state index contributed by atoms with van der Waals surface area (Å²) in [6.45, 7) is 32.9. The molecule has 0 aromatic heterocycles. The fourth-order valence-electron chi connectivity index (χ4n) is 7.77. The van der Waals surface area contributed by atoms with Gasteiger partial charge in [-0.25, -0.2) is 0 Å². The molecule has 2 aromatic carbocycles. The van der Waals surface area contributed by atoms with Crippen molar-refractivity contribution in [3.8, 4) is 0 Å². The zero-order valence-electron chi connectivity index (χ0n) is 36.7. The first-order valence-electron chi connectivity index (χ1n) is 21.3. The number of aryl methyl sites for hydroxylation is 2. The van der Waals surface area contributed by atoms with Crippen LogP contribution in [0.25, 0.3) is 0 Å². The number of benzene rings is 2. The molecule has 0 atom stereocenters. The highest BCUT2D eigenvalue weighted by molar-refractivity contribution is 7.39. The third kappa shape index (κ3) is 15.1. The maximum absolute atomic E-state index is 10.3. The van der Waals surface area contributed by atoms with Crippen molar-refractivity contribution in [2.45, 2.75) is 227 Å². The Hall–Kier alpha value is -1.25. The van der Waals surface area contributed by atoms with Gasteiger partial charge in [0.2, 0.25) is 0 Å². The second kappa shape index (κ2) is 21.2. The summed E-state index contributed by atoms with van der Waals surface area (Å²) in [6, 6.07) is 9.97. The van der Waals surface area contributed by atoms with Gasteiger partial charge < -0.3 is 14.3 Å². The van der Waals surface area contributed by atoms with Crippen LogP contribution in [0, 0.1) is 0 Å². The Morgan fingerprint density at radius 3 is 1.10 bits per heavy atom. The lowest BCUT2D eigenvalue weighted by Crippen LogP contribution is -2.27. The minimum atomic E-state index is -2.50. The first-order valence-corrected chi connectivity index (χ1v) is 22.5. The standard InChI is InChI=1S/C48H83O3P/c1-15-17-19-21-23-25-27-29-36-31-38(45(3,4)5)33-41(47(9,10)11)43(36)40(35-51-52(49)50)44-37(30-28-26-24-22-20-18-16-2)32-39(46(6,7)8)34-42(44)48(12,13)14/h31-34,40,49-50H,15-30,35H2,1-14H3. The summed E-state index contributed by atoms with van der Waals surface area (Å²) in [6.07, 6.45) is 20.0. The quantitative estimate of drug-likeness (QED) is 0.0990. The Labute approximate surface area is 324 Å². The largest absolute Gasteiger partial charge is 0.328 e. The van der Waals surface area contributed by atoms with Crippen LogP contribution < -0.4 is 0 Å². The molecule has 298 valence electrons. The highest BCUT2D eigenvalue weighted by Crippen LogP contribution is 2.46. The molecule has 0 amide bonds. The van der Waals surface area contributed by atoms with E-state index in [4.69, 9.17) is 4.52 Å². The fourth-order valence-corrected chi connectivity index (χ4v) is 8.05. The second-order valence-corrected chi connectivity index (χ2v) is 20.8. The van der Waals surface area contributed by atoms with Crippen LogP contribution in [-0.4, -0.2) is 16.4 Å². The summed E-state index contributed by atoms with van der Waals surface area (Å²) in [4.78, 5) is 20.6. The molecule has 2 N–H and O–H groups in total. The Kier molecular flexibility index (Phi) is 19.1. The van der Waals surface area contributed by atoms with Gasteiger partial charge in [-0.3, -0.25) is 0 Å². The predicted molar refractivity (Wildman–Crippen MR) is 230 cm³/mol. The summed E-state index contributed by atoms with van der Waals surface area (Å²) in [5.74, 6) is -0.116. The van der Waals surface area contributed by atoms with Crippen LogP contribution in [0.5, 0.6) is 0 Å². The summed E-state index contributed by atoms with van der Waals surface area (Å²) in [5, 5.41) is 0. The number of unbranched alkanes of at least 4 members (excludes halogenated alkanes) is 12. The molecule has 2 aromatic rings. The highest BCUT2D eigenvalue weighted by Gasteiger charge is 2.35. The van der Waals surface area contributed by atoms with E-state index in [1.54, 1.807) is 0 Å². The summed E-state index contributed by atoms with van der Waals surface area (Å²) in [5.41, 5.74) is 10.9. The van der Waals surface area contributed by atoms with Crippen LogP contribution in [0.1, 0.15) is 237 Å². The SMILES string of the molecule is CCCCCCCCCc1cc(C(C)(C)C)cc(C(C)(C)C)c1C(COP(O)O)c1c(CCCCCCCCC)cc(C(C)(C)C)cc1C(C)(C)C. The predicted octanol–water partition coefficient (Wildman–Crippen LogP) is 14.8. The van der Waals surface area contributed by atoms with E-state index in [-0.39, 0.29) is 34.2 Å². The van der Waals surface area contributed by atoms with E-state index in [1.807, 2.05) is 0 Å². The third-order valence-electron chi connectivity index (χ3n) is 11.0. The smallest absolute Gasteiger partial charge is 0.327 e. The Bertz CT molecular complexity index is 1230. The molecule has 0 saturated carbocycles. The van der Waals surface area contributed by atoms with Gasteiger partial charge in [-0.05, 0) is 91.9 Å². The van der Waals surface area contributed by atoms with E-state index in [1.165, 1.54) is 122 Å². The maximum Gasteiger partial charge on any atom is 0.327 e. The van der Waals surface area contributed by atoms with Gasteiger partial charge in [-0.1, -0.05) is 198 Å². The van der Waals surface area contributed by atoms with Crippen LogP contribution in [0.3, 0.4) is 0 Å². The molecule has 0 aliphatic carbocycles. The topological polar surface area (TPSA) is 49.7 Å². The molecule has 2 rings (SSSR count). The van der Waals surface area contributed by atoms with E-state index >= 15 is 0 Å². The number of hydrogen-bond acceptors (Lipinski definition) is 3. The minimum absolute atomic E-state index is 0.0111. The Morgan fingerprint density at radius 1 is 0.481 bits per heavy atom. The summed E-state index contributed by atoms with van der Waals surface area (Å²) in [7, 11) is -2.50. The van der Waals surface area contributed by atoms with Crippen molar-refractivity contribution < 1.29 is 14.3 Å². The molecule has 3 nitrogen and oxygen atoms in total. The minimum Gasteiger partial charge on any atom is -0.328 e. The first-order chi connectivity index (χ1) is 24.1. The van der Waals surface area contributed by atoms with Gasteiger partial charge in [0.15, 0.2) is 0 Å². The average Bonchev–Trinajstić information content (AvgIpc) is 3.02. The number of hydrogen-bond donors (Lipinski definition) is 2. The molecule has 52 heavy (non-hydrogen) atoms. The van der Waals surface area contributed by atoms with Crippen LogP contribution in [0.4, 0.5) is 0 Å². The normalized spacial score (nSPS) is 13.2. The highest BCUT2D eigenvalue weighted by atomic mass is 31.2. The lowest BCUT2D eigenvalue weighted by molar-refractivity contribution is 0.245. The van der Waals surface area contributed by atoms with E-state index in [0.29, 0.717) is 0 Å². The van der Waals surface area contributed by atoms with Crippen LogP contribution in [0.2, 0.25) is 0 Å². The molecule has 0 fully saturated rings. The molecule has 0 spiro atoms. The van der Waals surface area contributed by atoms with E-state index < -0.39 is 8.60 Å². The zero-order chi connectivity index (χ0) is 39.3. The zero-order valence-corrected chi connectivity index (χ0v) is 37.6. The molecule has 0 aliphatic heterocycles. The summed E-state index contributed by atoms with van der Waals surface area (Å²) >= 11 is 0. The van der Waals surface area contributed by atoms with E-state index in [2.05, 4.69) is 121 Å². The van der Waals surface area contributed by atoms with Gasteiger partial charge in [-0.15, -0.1) is 0 Å². The van der Waals surface area contributed by atoms with Gasteiger partial charge in [0.25, 0.3) is 0 Å². The third-order valence-corrected chi connectivity index (χ3v) is 11.4. The van der Waals surface area contributed by atoms with Crippen molar-refractivity contribution in [1.82, 2.24) is 0 Å². The van der Waals surface area contributed by atoms with Gasteiger partial charge in [0.05, 0.1) is 6.61 Å². The van der Waals surface area contributed by atoms with Crippen molar-refractivity contribution in [3.05, 3.63) is 68.8 Å². The molecular weight excluding hydrogens is 655 g/mol. The molecular formula is C48H83O3P. The number of rotatable bonds is 21. The lowest BCUT2D eigenvalue weighted by atomic mass is 9.68.